The van der Waals surface area contributed by atoms with Gasteiger partial charge in [-0.25, -0.2) is 0 Å². The highest BCUT2D eigenvalue weighted by molar-refractivity contribution is 6.80. The van der Waals surface area contributed by atoms with Gasteiger partial charge in [0.05, 0.1) is 6.54 Å². The Labute approximate surface area is 145 Å². The van der Waals surface area contributed by atoms with Crippen LogP contribution in [0.5, 0.6) is 0 Å². The zero-order valence-electron chi connectivity index (χ0n) is 15.7. The minimum atomic E-state index is -1.89. The summed E-state index contributed by atoms with van der Waals surface area (Å²) in [5.74, 6) is -0.369. The zero-order chi connectivity index (χ0) is 18.3. The number of fused-ring (bicyclic) bond motifs is 1. The fourth-order valence-electron chi connectivity index (χ4n) is 2.60. The first-order valence-corrected chi connectivity index (χ1v) is 11.2. The molecule has 0 saturated carbocycles. The molecule has 0 spiro atoms. The molecule has 1 unspecified atom stereocenters. The third kappa shape index (κ3) is 3.25. The highest BCUT2D eigenvalue weighted by Crippen LogP contribution is 2.43. The molecule has 1 heterocycles. The molecule has 1 N–H and O–H groups in total. The molecule has 1 fully saturated rings. The van der Waals surface area contributed by atoms with E-state index in [1.54, 1.807) is 0 Å². The molecule has 3 rings (SSSR count). The monoisotopic (exact) mass is 348 g/mol. The molecule has 0 radical (unpaired) electrons. The lowest BCUT2D eigenvalue weighted by molar-refractivity contribution is -0.181. The van der Waals surface area contributed by atoms with Crippen molar-refractivity contribution >= 4 is 20.0 Å². The van der Waals surface area contributed by atoms with Crippen LogP contribution >= 0.6 is 0 Å². The fraction of sp³-hybridized carbons (Fsp3) is 0.556. The first-order chi connectivity index (χ1) is 10.9. The predicted molar refractivity (Wildman–Crippen MR) is 97.9 cm³/mol. The second-order valence-corrected chi connectivity index (χ2v) is 13.2. The first-order valence-electron chi connectivity index (χ1n) is 8.21. The molecular weight excluding hydrogens is 320 g/mol. The van der Waals surface area contributed by atoms with Crippen LogP contribution in [0.1, 0.15) is 27.7 Å². The Morgan fingerprint density at radius 1 is 1.29 bits per heavy atom. The number of hydrogen-bond donors (Lipinski definition) is 1. The molecular formula is C18H28N2O3Si. The Kier molecular flexibility index (Phi) is 4.67. The van der Waals surface area contributed by atoms with Gasteiger partial charge in [-0.05, 0) is 22.2 Å². The molecule has 132 valence electrons. The molecule has 5 nitrogen and oxygen atoms in total. The van der Waals surface area contributed by atoms with Crippen molar-refractivity contribution in [1.82, 2.24) is 9.88 Å². The summed E-state index contributed by atoms with van der Waals surface area (Å²) in [7, 11) is -0.433. The van der Waals surface area contributed by atoms with Crippen LogP contribution in [-0.2, 0) is 14.3 Å². The molecule has 1 saturated heterocycles. The number of benzene rings is 1. The number of ether oxygens (including phenoxy) is 1. The van der Waals surface area contributed by atoms with E-state index >= 15 is 0 Å². The molecule has 0 bridgehead atoms. The summed E-state index contributed by atoms with van der Waals surface area (Å²) in [6.45, 7) is 12.6. The van der Waals surface area contributed by atoms with Crippen LogP contribution < -0.4 is 5.32 Å². The first kappa shape index (κ1) is 18.7. The van der Waals surface area contributed by atoms with E-state index < -0.39 is 14.0 Å². The van der Waals surface area contributed by atoms with Gasteiger partial charge in [-0.15, -0.1) is 0 Å². The summed E-state index contributed by atoms with van der Waals surface area (Å²) in [4.78, 5) is 23.5. The highest BCUT2D eigenvalue weighted by Gasteiger charge is 2.60. The van der Waals surface area contributed by atoms with E-state index in [9.17, 15) is 9.59 Å². The topological polar surface area (TPSA) is 58.6 Å². The maximum Gasteiger partial charge on any atom is 0.270 e. The molecule has 1 atom stereocenters. The quantitative estimate of drug-likeness (QED) is 0.527. The number of methoxy groups -OCH3 is 1. The molecule has 2 amide bonds. The van der Waals surface area contributed by atoms with Crippen LogP contribution in [0, 0.1) is 0 Å². The fourth-order valence-corrected chi connectivity index (χ4v) is 4.72. The van der Waals surface area contributed by atoms with Gasteiger partial charge in [0.1, 0.15) is 0 Å². The predicted octanol–water partition coefficient (Wildman–Crippen LogP) is 2.98. The highest BCUT2D eigenvalue weighted by atomic mass is 28.3. The number of rotatable bonds is 3. The van der Waals surface area contributed by atoms with Gasteiger partial charge in [0, 0.05) is 14.0 Å². The minimum Gasteiger partial charge on any atom is -0.360 e. The maximum absolute atomic E-state index is 12.4. The maximum atomic E-state index is 12.4. The van der Waals surface area contributed by atoms with Crippen molar-refractivity contribution in [1.29, 1.82) is 0 Å². The Bertz CT molecular complexity index is 649. The van der Waals surface area contributed by atoms with Gasteiger partial charge in [0.15, 0.2) is 8.24 Å². The van der Waals surface area contributed by atoms with Crippen molar-refractivity contribution in [3.8, 4) is 11.1 Å². The zero-order valence-corrected chi connectivity index (χ0v) is 16.7. The van der Waals surface area contributed by atoms with Crippen LogP contribution in [0.25, 0.3) is 11.1 Å². The number of hydrogen-bond acceptors (Lipinski definition) is 3. The molecule has 24 heavy (non-hydrogen) atoms. The van der Waals surface area contributed by atoms with Crippen molar-refractivity contribution in [3.05, 3.63) is 24.3 Å². The van der Waals surface area contributed by atoms with Crippen LogP contribution in [0.3, 0.4) is 0 Å². The number of carbonyl (C=O) groups excluding carboxylic acids is 2. The molecule has 6 heteroatoms. The van der Waals surface area contributed by atoms with E-state index in [0.29, 0.717) is 6.54 Å². The van der Waals surface area contributed by atoms with Crippen LogP contribution in [-0.4, -0.2) is 44.0 Å². The van der Waals surface area contributed by atoms with Gasteiger partial charge in [-0.1, -0.05) is 52.1 Å². The third-order valence-corrected chi connectivity index (χ3v) is 10.7. The van der Waals surface area contributed by atoms with E-state index in [2.05, 4.69) is 63.4 Å². The van der Waals surface area contributed by atoms with Crippen LogP contribution in [0.4, 0.5) is 0 Å². The Morgan fingerprint density at radius 3 is 2.08 bits per heavy atom. The van der Waals surface area contributed by atoms with Gasteiger partial charge in [0.2, 0.25) is 11.6 Å². The Balaban J connectivity index is 0.000000282. The lowest BCUT2D eigenvalue weighted by Gasteiger charge is -2.57. The largest absolute Gasteiger partial charge is 0.360 e. The summed E-state index contributed by atoms with van der Waals surface area (Å²) in [6, 6.07) is 8.48. The standard InChI is InChI=1S/C12H24N2O3Si.C6H4/c1-9(15)13-12(17-5)8-14(10(12)16)18(6,7)11(2,3)4;1-2-5-4-6(5)3-1/h8H2,1-7H3,(H,13,15);1-4H. The van der Waals surface area contributed by atoms with E-state index in [4.69, 9.17) is 4.74 Å². The summed E-state index contributed by atoms with van der Waals surface area (Å²) in [5.41, 5.74) is 1.71. The number of β-lactam (4-membered cyclic amide) rings is 1. The van der Waals surface area contributed by atoms with Crippen molar-refractivity contribution in [2.75, 3.05) is 13.7 Å². The third-order valence-electron chi connectivity index (χ3n) is 5.32. The van der Waals surface area contributed by atoms with Crippen molar-refractivity contribution in [3.63, 3.8) is 0 Å². The van der Waals surface area contributed by atoms with E-state index in [1.165, 1.54) is 25.2 Å². The molecule has 0 aromatic heterocycles. The Morgan fingerprint density at radius 2 is 1.83 bits per heavy atom. The average Bonchev–Trinajstić information content (AvgIpc) is 3.07. The van der Waals surface area contributed by atoms with Crippen molar-refractivity contribution in [2.24, 2.45) is 0 Å². The summed E-state index contributed by atoms with van der Waals surface area (Å²) >= 11 is 0. The SMILES string of the molecule is COC1(NC(C)=O)CN([Si](C)(C)C(C)(C)C)C1=O.c1cc2cc-2c1. The van der Waals surface area contributed by atoms with Crippen molar-refractivity contribution < 1.29 is 14.3 Å². The normalized spacial score (nSPS) is 21.5. The van der Waals surface area contributed by atoms with Gasteiger partial charge in [0.25, 0.3) is 5.91 Å². The Hall–Kier alpha value is -1.66. The summed E-state index contributed by atoms with van der Waals surface area (Å²) < 4.78 is 7.13. The number of carbonyl (C=O) groups is 2. The molecule has 3 aliphatic rings. The molecule has 1 aliphatic heterocycles. The minimum absolute atomic E-state index is 0.0821. The lowest BCUT2D eigenvalue weighted by atomic mass is 10.1. The smallest absolute Gasteiger partial charge is 0.270 e. The van der Waals surface area contributed by atoms with Crippen LogP contribution in [0.15, 0.2) is 24.3 Å². The summed E-state index contributed by atoms with van der Waals surface area (Å²) in [5, 5.41) is 2.70. The molecule has 2 aliphatic carbocycles. The number of amides is 2. The van der Waals surface area contributed by atoms with Gasteiger partial charge in [-0.3, -0.25) is 9.59 Å². The van der Waals surface area contributed by atoms with Gasteiger partial charge < -0.3 is 14.6 Å². The van der Waals surface area contributed by atoms with Crippen molar-refractivity contribution in [2.45, 2.75) is 51.6 Å². The summed E-state index contributed by atoms with van der Waals surface area (Å²) in [6.07, 6.45) is 0. The van der Waals surface area contributed by atoms with E-state index in [0.717, 1.165) is 0 Å². The van der Waals surface area contributed by atoms with E-state index in [1.807, 2.05) is 4.57 Å². The number of nitrogens with zero attached hydrogens (tertiary/aromatic N) is 1. The molecule has 0 aromatic carbocycles. The second-order valence-electron chi connectivity index (χ2n) is 7.99. The van der Waals surface area contributed by atoms with Crippen LogP contribution in [0.2, 0.25) is 18.1 Å². The van der Waals surface area contributed by atoms with E-state index in [-0.39, 0.29) is 16.9 Å². The van der Waals surface area contributed by atoms with Gasteiger partial charge in [-0.2, -0.15) is 0 Å². The van der Waals surface area contributed by atoms with Gasteiger partial charge >= 0.3 is 0 Å². The number of nitrogens with one attached hydrogen (secondary N) is 1. The lowest BCUT2D eigenvalue weighted by Crippen LogP contribution is -2.81. The second kappa shape index (κ2) is 6.00. The average molecular weight is 349 g/mol. The molecule has 0 aromatic rings.